The maximum atomic E-state index is 12.5. The molecule has 2 fully saturated rings. The molecule has 0 aromatic heterocycles. The van der Waals surface area contributed by atoms with Crippen LogP contribution in [0.15, 0.2) is 23.1 Å². The molecule has 1 aromatic carbocycles. The highest BCUT2D eigenvalue weighted by Crippen LogP contribution is 2.28. The summed E-state index contributed by atoms with van der Waals surface area (Å²) >= 11 is 0. The highest BCUT2D eigenvalue weighted by Gasteiger charge is 2.30. The predicted octanol–water partition coefficient (Wildman–Crippen LogP) is 0.865. The quantitative estimate of drug-likeness (QED) is 0.664. The number of methoxy groups -OCH3 is 1. The molecule has 1 aromatic rings. The number of carbonyl (C=O) groups excluding carboxylic acids is 1. The highest BCUT2D eigenvalue weighted by molar-refractivity contribution is 7.89. The second kappa shape index (κ2) is 7.72. The zero-order valence-electron chi connectivity index (χ0n) is 14.4. The van der Waals surface area contributed by atoms with Gasteiger partial charge in [-0.05, 0) is 62.9 Å². The van der Waals surface area contributed by atoms with E-state index in [4.69, 9.17) is 4.74 Å². The fourth-order valence-corrected chi connectivity index (χ4v) is 4.45. The topological polar surface area (TPSA) is 96.5 Å². The standard InChI is InChI=1S/C17H25N3O4S/c1-24-15-7-4-13(9-16(15)25(22,23)20-14-5-6-14)17(21)19-11-12-3-2-8-18-10-12/h4,7,9,12,14,18,20H,2-3,5-6,8,10-11H2,1H3,(H,19,21). The first-order valence-corrected chi connectivity index (χ1v) is 10.2. The predicted molar refractivity (Wildman–Crippen MR) is 94.3 cm³/mol. The van der Waals surface area contributed by atoms with Gasteiger partial charge < -0.3 is 15.4 Å². The monoisotopic (exact) mass is 367 g/mol. The molecule has 138 valence electrons. The molecule has 1 unspecified atom stereocenters. The number of sulfonamides is 1. The summed E-state index contributed by atoms with van der Waals surface area (Å²) in [7, 11) is -2.28. The lowest BCUT2D eigenvalue weighted by molar-refractivity contribution is 0.0944. The molecule has 1 aliphatic carbocycles. The zero-order chi connectivity index (χ0) is 17.9. The van der Waals surface area contributed by atoms with Crippen LogP contribution in [0.1, 0.15) is 36.0 Å². The number of carbonyl (C=O) groups is 1. The van der Waals surface area contributed by atoms with Crippen LogP contribution < -0.4 is 20.1 Å². The van der Waals surface area contributed by atoms with Crippen LogP contribution in [0.5, 0.6) is 5.75 Å². The van der Waals surface area contributed by atoms with Gasteiger partial charge in [0, 0.05) is 18.2 Å². The molecule has 1 saturated carbocycles. The van der Waals surface area contributed by atoms with E-state index >= 15 is 0 Å². The van der Waals surface area contributed by atoms with Crippen LogP contribution in [0, 0.1) is 5.92 Å². The molecule has 1 amide bonds. The lowest BCUT2D eigenvalue weighted by Crippen LogP contribution is -2.38. The van der Waals surface area contributed by atoms with Gasteiger partial charge in [-0.2, -0.15) is 0 Å². The van der Waals surface area contributed by atoms with E-state index in [1.807, 2.05) is 0 Å². The van der Waals surface area contributed by atoms with Gasteiger partial charge in [-0.3, -0.25) is 4.79 Å². The van der Waals surface area contributed by atoms with Crippen molar-refractivity contribution in [3.05, 3.63) is 23.8 Å². The van der Waals surface area contributed by atoms with Gasteiger partial charge in [0.1, 0.15) is 10.6 Å². The molecule has 7 nitrogen and oxygen atoms in total. The molecule has 0 bridgehead atoms. The van der Waals surface area contributed by atoms with Crippen molar-refractivity contribution in [2.75, 3.05) is 26.7 Å². The third-order valence-corrected chi connectivity index (χ3v) is 6.11. The van der Waals surface area contributed by atoms with Gasteiger partial charge in [-0.25, -0.2) is 13.1 Å². The van der Waals surface area contributed by atoms with E-state index in [2.05, 4.69) is 15.4 Å². The van der Waals surface area contributed by atoms with Crippen LogP contribution in [0.3, 0.4) is 0 Å². The molecule has 3 N–H and O–H groups in total. The fraction of sp³-hybridized carbons (Fsp3) is 0.588. The van der Waals surface area contributed by atoms with Gasteiger partial charge in [0.05, 0.1) is 7.11 Å². The van der Waals surface area contributed by atoms with E-state index in [1.165, 1.54) is 19.2 Å². The van der Waals surface area contributed by atoms with Crippen molar-refractivity contribution in [1.82, 2.24) is 15.4 Å². The summed E-state index contributed by atoms with van der Waals surface area (Å²) in [5, 5.41) is 6.21. The summed E-state index contributed by atoms with van der Waals surface area (Å²) in [4.78, 5) is 12.4. The summed E-state index contributed by atoms with van der Waals surface area (Å²) in [5.74, 6) is 0.382. The number of hydrogen-bond donors (Lipinski definition) is 3. The first-order chi connectivity index (χ1) is 12.0. The van der Waals surface area contributed by atoms with Gasteiger partial charge in [-0.1, -0.05) is 0 Å². The van der Waals surface area contributed by atoms with E-state index in [0.717, 1.165) is 38.8 Å². The Balaban J connectivity index is 1.72. The average molecular weight is 367 g/mol. The molecule has 2 aliphatic rings. The number of rotatable bonds is 7. The van der Waals surface area contributed by atoms with E-state index in [9.17, 15) is 13.2 Å². The Labute approximate surface area is 148 Å². The summed E-state index contributed by atoms with van der Waals surface area (Å²) < 4.78 is 32.8. The van der Waals surface area contributed by atoms with E-state index in [1.54, 1.807) is 6.07 Å². The number of piperidine rings is 1. The van der Waals surface area contributed by atoms with E-state index in [-0.39, 0.29) is 22.6 Å². The molecule has 0 spiro atoms. The van der Waals surface area contributed by atoms with Crippen LogP contribution in [-0.4, -0.2) is 47.1 Å². The normalized spacial score (nSPS) is 20.9. The Morgan fingerprint density at radius 1 is 1.32 bits per heavy atom. The second-order valence-corrected chi connectivity index (χ2v) is 8.37. The van der Waals surface area contributed by atoms with Gasteiger partial charge in [0.25, 0.3) is 5.91 Å². The Bertz CT molecular complexity index is 725. The van der Waals surface area contributed by atoms with Crippen molar-refractivity contribution in [2.45, 2.75) is 36.6 Å². The molecule has 25 heavy (non-hydrogen) atoms. The molecular formula is C17H25N3O4S. The molecule has 8 heteroatoms. The third kappa shape index (κ3) is 4.71. The van der Waals surface area contributed by atoms with Gasteiger partial charge in [-0.15, -0.1) is 0 Å². The van der Waals surface area contributed by atoms with Crippen molar-refractivity contribution in [1.29, 1.82) is 0 Å². The average Bonchev–Trinajstić information content (AvgIpc) is 3.43. The fourth-order valence-electron chi connectivity index (χ4n) is 2.95. The Kier molecular flexibility index (Phi) is 5.61. The Morgan fingerprint density at radius 3 is 2.76 bits per heavy atom. The Morgan fingerprint density at radius 2 is 2.12 bits per heavy atom. The lowest BCUT2D eigenvalue weighted by atomic mass is 9.99. The molecule has 1 saturated heterocycles. The molecule has 0 radical (unpaired) electrons. The zero-order valence-corrected chi connectivity index (χ0v) is 15.2. The summed E-state index contributed by atoms with van der Waals surface area (Å²) in [5.41, 5.74) is 0.320. The number of ether oxygens (including phenoxy) is 1. The number of amides is 1. The van der Waals surface area contributed by atoms with Crippen molar-refractivity contribution < 1.29 is 17.9 Å². The number of hydrogen-bond acceptors (Lipinski definition) is 5. The van der Waals surface area contributed by atoms with Crippen molar-refractivity contribution in [3.63, 3.8) is 0 Å². The highest BCUT2D eigenvalue weighted by atomic mass is 32.2. The summed E-state index contributed by atoms with van der Waals surface area (Å²) in [6, 6.07) is 4.49. The first-order valence-electron chi connectivity index (χ1n) is 8.69. The molecule has 1 aliphatic heterocycles. The number of benzene rings is 1. The lowest BCUT2D eigenvalue weighted by Gasteiger charge is -2.23. The van der Waals surface area contributed by atoms with Gasteiger partial charge >= 0.3 is 0 Å². The minimum Gasteiger partial charge on any atom is -0.495 e. The molecule has 3 rings (SSSR count). The molecular weight excluding hydrogens is 342 g/mol. The van der Waals surface area contributed by atoms with E-state index < -0.39 is 10.0 Å². The van der Waals surface area contributed by atoms with Crippen LogP contribution in [0.2, 0.25) is 0 Å². The minimum absolute atomic E-state index is 0.00823. The van der Waals surface area contributed by atoms with Crippen LogP contribution in [-0.2, 0) is 10.0 Å². The molecule has 1 heterocycles. The van der Waals surface area contributed by atoms with Crippen molar-refractivity contribution >= 4 is 15.9 Å². The van der Waals surface area contributed by atoms with E-state index in [0.29, 0.717) is 18.0 Å². The van der Waals surface area contributed by atoms with Crippen LogP contribution in [0.25, 0.3) is 0 Å². The van der Waals surface area contributed by atoms with Crippen LogP contribution >= 0.6 is 0 Å². The largest absolute Gasteiger partial charge is 0.495 e. The molecule has 1 atom stereocenters. The minimum atomic E-state index is -3.70. The van der Waals surface area contributed by atoms with Crippen LogP contribution in [0.4, 0.5) is 0 Å². The van der Waals surface area contributed by atoms with Crippen molar-refractivity contribution in [2.24, 2.45) is 5.92 Å². The first kappa shape index (κ1) is 18.2. The maximum Gasteiger partial charge on any atom is 0.251 e. The maximum absolute atomic E-state index is 12.5. The Hall–Kier alpha value is -1.64. The number of nitrogens with one attached hydrogen (secondary N) is 3. The summed E-state index contributed by atoms with van der Waals surface area (Å²) in [6.45, 7) is 2.51. The van der Waals surface area contributed by atoms with Gasteiger partial charge in [0.2, 0.25) is 10.0 Å². The SMILES string of the molecule is COc1ccc(C(=O)NCC2CCCNC2)cc1S(=O)(=O)NC1CC1. The van der Waals surface area contributed by atoms with Gasteiger partial charge in [0.15, 0.2) is 0 Å². The summed E-state index contributed by atoms with van der Waals surface area (Å²) in [6.07, 6.45) is 3.88. The third-order valence-electron chi connectivity index (χ3n) is 4.56. The van der Waals surface area contributed by atoms with Crippen molar-refractivity contribution in [3.8, 4) is 5.75 Å². The smallest absolute Gasteiger partial charge is 0.251 e. The second-order valence-electron chi connectivity index (χ2n) is 6.68.